The van der Waals surface area contributed by atoms with E-state index in [1.807, 2.05) is 13.8 Å². The van der Waals surface area contributed by atoms with E-state index >= 15 is 0 Å². The predicted molar refractivity (Wildman–Crippen MR) is 71.5 cm³/mol. The third-order valence-corrected chi connectivity index (χ3v) is 2.42. The summed E-state index contributed by atoms with van der Waals surface area (Å²) in [4.78, 5) is 22.4. The number of rotatable bonds is 6. The summed E-state index contributed by atoms with van der Waals surface area (Å²) in [7, 11) is 0. The van der Waals surface area contributed by atoms with E-state index in [2.05, 4.69) is 10.6 Å². The molecule has 0 atom stereocenters. The molecular weight excluding hydrogens is 248 g/mol. The molecule has 4 N–H and O–H groups in total. The molecular formula is C13H18N2O4. The van der Waals surface area contributed by atoms with Crippen LogP contribution in [0.4, 0.5) is 5.69 Å². The zero-order chi connectivity index (χ0) is 14.4. The Bertz CT molecular complexity index is 472. The van der Waals surface area contributed by atoms with Crippen molar-refractivity contribution < 1.29 is 19.8 Å². The van der Waals surface area contributed by atoms with E-state index in [1.165, 1.54) is 18.2 Å². The van der Waals surface area contributed by atoms with Crippen LogP contribution in [-0.2, 0) is 4.79 Å². The smallest absolute Gasteiger partial charge is 0.339 e. The molecule has 0 radical (unpaired) electrons. The summed E-state index contributed by atoms with van der Waals surface area (Å²) in [6.45, 7) is 4.52. The number of nitrogens with one attached hydrogen (secondary N) is 2. The lowest BCUT2D eigenvalue weighted by atomic mass is 10.1. The average molecular weight is 266 g/mol. The van der Waals surface area contributed by atoms with Crippen molar-refractivity contribution in [1.82, 2.24) is 5.32 Å². The van der Waals surface area contributed by atoms with Crippen LogP contribution in [0.5, 0.6) is 5.75 Å². The van der Waals surface area contributed by atoms with E-state index in [1.54, 1.807) is 0 Å². The number of carbonyl (C=O) groups excluding carboxylic acids is 1. The largest absolute Gasteiger partial charge is 0.507 e. The van der Waals surface area contributed by atoms with Gasteiger partial charge in [0.15, 0.2) is 0 Å². The minimum atomic E-state index is -1.24. The standard InChI is InChI=1S/C13H18N2O4/c1-8(2)14-6-5-12(17)15-9-3-4-11(16)10(7-9)13(18)19/h3-4,7-8,14,16H,5-6H2,1-2H3,(H,15,17)(H,18,19). The first-order valence-electron chi connectivity index (χ1n) is 5.99. The number of hydrogen-bond acceptors (Lipinski definition) is 4. The van der Waals surface area contributed by atoms with Gasteiger partial charge in [-0.05, 0) is 18.2 Å². The number of anilines is 1. The highest BCUT2D eigenvalue weighted by molar-refractivity contribution is 5.95. The Kier molecular flexibility index (Phi) is 5.32. The fraction of sp³-hybridized carbons (Fsp3) is 0.385. The van der Waals surface area contributed by atoms with Gasteiger partial charge in [-0.3, -0.25) is 4.79 Å². The van der Waals surface area contributed by atoms with Gasteiger partial charge >= 0.3 is 5.97 Å². The first-order chi connectivity index (χ1) is 8.90. The van der Waals surface area contributed by atoms with Gasteiger partial charge in [0, 0.05) is 24.7 Å². The monoisotopic (exact) mass is 266 g/mol. The number of hydrogen-bond donors (Lipinski definition) is 4. The van der Waals surface area contributed by atoms with Crippen LogP contribution in [0.25, 0.3) is 0 Å². The number of benzene rings is 1. The SMILES string of the molecule is CC(C)NCCC(=O)Nc1ccc(O)c(C(=O)O)c1. The third kappa shape index (κ3) is 4.97. The number of carboxylic acids is 1. The molecule has 1 rings (SSSR count). The molecule has 1 aromatic rings. The van der Waals surface area contributed by atoms with E-state index in [0.717, 1.165) is 0 Å². The quantitative estimate of drug-likeness (QED) is 0.584. The lowest BCUT2D eigenvalue weighted by Crippen LogP contribution is -2.27. The van der Waals surface area contributed by atoms with Crippen LogP contribution >= 0.6 is 0 Å². The maximum atomic E-state index is 11.6. The molecule has 6 heteroatoms. The topological polar surface area (TPSA) is 98.7 Å². The Morgan fingerprint density at radius 2 is 2.00 bits per heavy atom. The summed E-state index contributed by atoms with van der Waals surface area (Å²) in [5.74, 6) is -1.78. The maximum Gasteiger partial charge on any atom is 0.339 e. The van der Waals surface area contributed by atoms with Crippen LogP contribution in [0.2, 0.25) is 0 Å². The Balaban J connectivity index is 2.60. The van der Waals surface area contributed by atoms with Crippen molar-refractivity contribution in [2.45, 2.75) is 26.3 Å². The van der Waals surface area contributed by atoms with Crippen molar-refractivity contribution in [3.8, 4) is 5.75 Å². The van der Waals surface area contributed by atoms with E-state index in [4.69, 9.17) is 5.11 Å². The molecule has 19 heavy (non-hydrogen) atoms. The molecule has 0 aromatic heterocycles. The first kappa shape index (κ1) is 15.0. The summed E-state index contributed by atoms with van der Waals surface area (Å²) in [6.07, 6.45) is 0.293. The third-order valence-electron chi connectivity index (χ3n) is 2.42. The van der Waals surface area contributed by atoms with Gasteiger partial charge < -0.3 is 20.8 Å². The Morgan fingerprint density at radius 3 is 2.58 bits per heavy atom. The highest BCUT2D eigenvalue weighted by Gasteiger charge is 2.11. The fourth-order valence-electron chi connectivity index (χ4n) is 1.48. The van der Waals surface area contributed by atoms with Gasteiger partial charge in [-0.25, -0.2) is 4.79 Å². The van der Waals surface area contributed by atoms with Gasteiger partial charge in [-0.2, -0.15) is 0 Å². The number of amides is 1. The molecule has 6 nitrogen and oxygen atoms in total. The number of phenols is 1. The predicted octanol–water partition coefficient (Wildman–Crippen LogP) is 1.42. The van der Waals surface area contributed by atoms with Crippen LogP contribution in [-0.4, -0.2) is 34.7 Å². The molecule has 0 saturated carbocycles. The molecule has 104 valence electrons. The Morgan fingerprint density at radius 1 is 1.32 bits per heavy atom. The summed E-state index contributed by atoms with van der Waals surface area (Å²) in [5.41, 5.74) is 0.114. The molecule has 0 aliphatic rings. The second-order valence-corrected chi connectivity index (χ2v) is 4.44. The molecule has 0 unspecified atom stereocenters. The summed E-state index contributed by atoms with van der Waals surface area (Å²) in [6, 6.07) is 4.23. The summed E-state index contributed by atoms with van der Waals surface area (Å²) in [5, 5.41) is 23.9. The molecule has 1 aromatic carbocycles. The van der Waals surface area contributed by atoms with E-state index < -0.39 is 5.97 Å². The van der Waals surface area contributed by atoms with Crippen LogP contribution in [0.1, 0.15) is 30.6 Å². The molecule has 1 amide bonds. The van der Waals surface area contributed by atoms with Crippen molar-refractivity contribution in [1.29, 1.82) is 0 Å². The van der Waals surface area contributed by atoms with Crippen molar-refractivity contribution in [2.24, 2.45) is 0 Å². The molecule has 0 aliphatic carbocycles. The Labute approximate surface area is 111 Å². The van der Waals surface area contributed by atoms with Crippen LogP contribution < -0.4 is 10.6 Å². The van der Waals surface area contributed by atoms with Crippen LogP contribution in [0, 0.1) is 0 Å². The lowest BCUT2D eigenvalue weighted by molar-refractivity contribution is -0.116. The van der Waals surface area contributed by atoms with Crippen molar-refractivity contribution in [2.75, 3.05) is 11.9 Å². The minimum Gasteiger partial charge on any atom is -0.507 e. The summed E-state index contributed by atoms with van der Waals surface area (Å²) < 4.78 is 0. The number of aromatic hydroxyl groups is 1. The van der Waals surface area contributed by atoms with E-state index in [-0.39, 0.29) is 17.2 Å². The molecule has 0 fully saturated rings. The number of carbonyl (C=O) groups is 2. The average Bonchev–Trinajstić information content (AvgIpc) is 2.30. The second-order valence-electron chi connectivity index (χ2n) is 4.44. The van der Waals surface area contributed by atoms with Crippen molar-refractivity contribution in [3.63, 3.8) is 0 Å². The van der Waals surface area contributed by atoms with Gasteiger partial charge in [0.2, 0.25) is 5.91 Å². The molecule has 0 heterocycles. The fourth-order valence-corrected chi connectivity index (χ4v) is 1.48. The van der Waals surface area contributed by atoms with Gasteiger partial charge in [0.1, 0.15) is 11.3 Å². The van der Waals surface area contributed by atoms with E-state index in [0.29, 0.717) is 24.7 Å². The van der Waals surface area contributed by atoms with Crippen LogP contribution in [0.3, 0.4) is 0 Å². The highest BCUT2D eigenvalue weighted by Crippen LogP contribution is 2.21. The lowest BCUT2D eigenvalue weighted by Gasteiger charge is -2.09. The van der Waals surface area contributed by atoms with Gasteiger partial charge in [-0.15, -0.1) is 0 Å². The molecule has 0 bridgehead atoms. The summed E-state index contributed by atoms with van der Waals surface area (Å²) >= 11 is 0. The number of carboxylic acid groups (broad SMARTS) is 1. The molecule has 0 aliphatic heterocycles. The normalized spacial score (nSPS) is 10.5. The second kappa shape index (κ2) is 6.75. The zero-order valence-corrected chi connectivity index (χ0v) is 10.9. The van der Waals surface area contributed by atoms with E-state index in [9.17, 15) is 14.7 Å². The first-order valence-corrected chi connectivity index (χ1v) is 5.99. The van der Waals surface area contributed by atoms with Gasteiger partial charge in [-0.1, -0.05) is 13.8 Å². The van der Waals surface area contributed by atoms with Crippen molar-refractivity contribution in [3.05, 3.63) is 23.8 Å². The van der Waals surface area contributed by atoms with Gasteiger partial charge in [0.25, 0.3) is 0 Å². The minimum absolute atomic E-state index is 0.213. The maximum absolute atomic E-state index is 11.6. The Hall–Kier alpha value is -2.08. The van der Waals surface area contributed by atoms with Gasteiger partial charge in [0.05, 0.1) is 0 Å². The highest BCUT2D eigenvalue weighted by atomic mass is 16.4. The number of aromatic carboxylic acids is 1. The zero-order valence-electron chi connectivity index (χ0n) is 10.9. The molecule has 0 spiro atoms. The van der Waals surface area contributed by atoms with Crippen molar-refractivity contribution >= 4 is 17.6 Å². The molecule has 0 saturated heterocycles. The van der Waals surface area contributed by atoms with Crippen LogP contribution in [0.15, 0.2) is 18.2 Å².